The summed E-state index contributed by atoms with van der Waals surface area (Å²) in [5.74, 6) is 0.660. The Morgan fingerprint density at radius 1 is 0.778 bits per heavy atom. The summed E-state index contributed by atoms with van der Waals surface area (Å²) < 4.78 is 15.9. The molecule has 0 saturated heterocycles. The van der Waals surface area contributed by atoms with Crippen molar-refractivity contribution in [1.82, 2.24) is 5.32 Å². The first-order valence-electron chi connectivity index (χ1n) is 14.2. The maximum Gasteiger partial charge on any atom is 0.272 e. The number of benzene rings is 4. The van der Waals surface area contributed by atoms with Crippen molar-refractivity contribution in [2.75, 3.05) is 32.0 Å². The molecule has 0 heterocycles. The van der Waals surface area contributed by atoms with Gasteiger partial charge in [-0.1, -0.05) is 43.3 Å². The number of carbonyl (C=O) groups excluding carboxylic acids is 3. The summed E-state index contributed by atoms with van der Waals surface area (Å²) in [6.07, 6.45) is 2.15. The molecule has 1 atom stereocenters. The predicted molar refractivity (Wildman–Crippen MR) is 178 cm³/mol. The van der Waals surface area contributed by atoms with Crippen molar-refractivity contribution < 1.29 is 28.6 Å². The minimum atomic E-state index is -0.507. The smallest absolute Gasteiger partial charge is 0.272 e. The topological polar surface area (TPSA) is 115 Å². The Hall–Kier alpha value is -5.22. The lowest BCUT2D eigenvalue weighted by atomic mass is 10.1. The highest BCUT2D eigenvalue weighted by Gasteiger charge is 2.21. The van der Waals surface area contributed by atoms with Crippen molar-refractivity contribution in [3.63, 3.8) is 0 Å². The van der Waals surface area contributed by atoms with E-state index in [1.54, 1.807) is 105 Å². The summed E-state index contributed by atoms with van der Waals surface area (Å²) in [4.78, 5) is 40.5. The van der Waals surface area contributed by atoms with Crippen LogP contribution in [0.1, 0.15) is 29.3 Å². The number of thioether (sulfide) groups is 1. The molecule has 10 heteroatoms. The van der Waals surface area contributed by atoms with Crippen molar-refractivity contribution in [3.05, 3.63) is 114 Å². The molecule has 0 aromatic heterocycles. The molecule has 0 bridgehead atoms. The van der Waals surface area contributed by atoms with Crippen LogP contribution in [-0.2, 0) is 9.59 Å². The zero-order valence-corrected chi connectivity index (χ0v) is 26.3. The van der Waals surface area contributed by atoms with Crippen molar-refractivity contribution in [1.29, 1.82) is 0 Å². The van der Waals surface area contributed by atoms with E-state index < -0.39 is 17.1 Å². The molecule has 0 radical (unpaired) electrons. The number of amides is 3. The molecule has 0 fully saturated rings. The first-order valence-corrected chi connectivity index (χ1v) is 15.0. The maximum atomic E-state index is 13.5. The summed E-state index contributed by atoms with van der Waals surface area (Å²) >= 11 is 1.37. The van der Waals surface area contributed by atoms with Gasteiger partial charge in [-0.2, -0.15) is 0 Å². The van der Waals surface area contributed by atoms with Crippen LogP contribution in [0.4, 0.5) is 11.4 Å². The Morgan fingerprint density at radius 2 is 1.49 bits per heavy atom. The van der Waals surface area contributed by atoms with Gasteiger partial charge in [0.25, 0.3) is 11.8 Å². The van der Waals surface area contributed by atoms with Gasteiger partial charge in [0.05, 0.1) is 32.3 Å². The molecule has 0 aliphatic rings. The van der Waals surface area contributed by atoms with Gasteiger partial charge >= 0.3 is 0 Å². The van der Waals surface area contributed by atoms with Crippen LogP contribution in [0.15, 0.2) is 108 Å². The molecule has 4 rings (SSSR count). The van der Waals surface area contributed by atoms with Gasteiger partial charge in [0.2, 0.25) is 5.91 Å². The van der Waals surface area contributed by atoms with Crippen LogP contribution in [0.2, 0.25) is 0 Å². The maximum absolute atomic E-state index is 13.5. The summed E-state index contributed by atoms with van der Waals surface area (Å²) in [7, 11) is 4.66. The van der Waals surface area contributed by atoms with E-state index in [-0.39, 0.29) is 11.6 Å². The molecular formula is C35H35N3O6S. The van der Waals surface area contributed by atoms with Gasteiger partial charge in [0.1, 0.15) is 22.9 Å². The second-order valence-electron chi connectivity index (χ2n) is 9.70. The zero-order chi connectivity index (χ0) is 32.2. The molecule has 232 valence electrons. The number of hydrogen-bond acceptors (Lipinski definition) is 7. The highest BCUT2D eigenvalue weighted by molar-refractivity contribution is 8.00. The third-order valence-electron chi connectivity index (χ3n) is 6.65. The van der Waals surface area contributed by atoms with E-state index in [1.807, 2.05) is 19.1 Å². The lowest BCUT2D eigenvalue weighted by Gasteiger charge is -2.17. The van der Waals surface area contributed by atoms with Gasteiger partial charge in [-0.05, 0) is 72.7 Å². The number of nitrogens with one attached hydrogen (secondary N) is 3. The Bertz CT molecular complexity index is 1660. The molecular weight excluding hydrogens is 590 g/mol. The second-order valence-corrected chi connectivity index (χ2v) is 11.0. The lowest BCUT2D eigenvalue weighted by molar-refractivity contribution is -0.116. The number of hydrogen-bond donors (Lipinski definition) is 3. The van der Waals surface area contributed by atoms with Gasteiger partial charge in [0, 0.05) is 22.2 Å². The minimum absolute atomic E-state index is 0.0603. The second kappa shape index (κ2) is 16.0. The molecule has 0 aliphatic carbocycles. The van der Waals surface area contributed by atoms with E-state index in [9.17, 15) is 14.4 Å². The lowest BCUT2D eigenvalue weighted by Crippen LogP contribution is -2.30. The molecule has 1 unspecified atom stereocenters. The number of anilines is 2. The molecule has 0 aliphatic heterocycles. The van der Waals surface area contributed by atoms with Crippen LogP contribution in [0.5, 0.6) is 17.2 Å². The molecule has 0 saturated carbocycles. The Kier molecular flexibility index (Phi) is 11.6. The largest absolute Gasteiger partial charge is 0.497 e. The summed E-state index contributed by atoms with van der Waals surface area (Å²) in [6, 6.07) is 28.2. The quantitative estimate of drug-likeness (QED) is 0.113. The van der Waals surface area contributed by atoms with Crippen molar-refractivity contribution in [3.8, 4) is 17.2 Å². The monoisotopic (exact) mass is 625 g/mol. The molecule has 45 heavy (non-hydrogen) atoms. The molecule has 3 amide bonds. The van der Waals surface area contributed by atoms with Crippen LogP contribution in [0.3, 0.4) is 0 Å². The molecule has 3 N–H and O–H groups in total. The molecule has 0 spiro atoms. The highest BCUT2D eigenvalue weighted by atomic mass is 32.2. The van der Waals surface area contributed by atoms with E-state index in [0.29, 0.717) is 46.2 Å². The fourth-order valence-electron chi connectivity index (χ4n) is 4.27. The van der Waals surface area contributed by atoms with E-state index in [4.69, 9.17) is 14.2 Å². The first kappa shape index (κ1) is 32.7. The van der Waals surface area contributed by atoms with Gasteiger partial charge in [-0.15, -0.1) is 11.8 Å². The van der Waals surface area contributed by atoms with Crippen molar-refractivity contribution in [2.24, 2.45) is 0 Å². The Balaban J connectivity index is 1.51. The van der Waals surface area contributed by atoms with E-state index >= 15 is 0 Å². The number of methoxy groups -OCH3 is 3. The third kappa shape index (κ3) is 9.14. The summed E-state index contributed by atoms with van der Waals surface area (Å²) in [5, 5.41) is 8.14. The predicted octanol–water partition coefficient (Wildman–Crippen LogP) is 6.63. The Morgan fingerprint density at radius 3 is 2.16 bits per heavy atom. The SMILES string of the molecule is CCC(Sc1cccc(NC(=O)/C(=C\c2ccc(OC)cc2)NC(=O)c2ccccc2)c1)C(=O)Nc1cc(OC)ccc1OC. The average Bonchev–Trinajstić information content (AvgIpc) is 3.07. The van der Waals surface area contributed by atoms with Gasteiger partial charge < -0.3 is 30.2 Å². The van der Waals surface area contributed by atoms with Gasteiger partial charge in [-0.25, -0.2) is 0 Å². The first-order chi connectivity index (χ1) is 21.8. The summed E-state index contributed by atoms with van der Waals surface area (Å²) in [5.41, 5.74) is 2.19. The number of ether oxygens (including phenoxy) is 3. The van der Waals surface area contributed by atoms with Crippen LogP contribution < -0.4 is 30.2 Å². The number of rotatable bonds is 13. The highest BCUT2D eigenvalue weighted by Crippen LogP contribution is 2.32. The van der Waals surface area contributed by atoms with Crippen LogP contribution in [-0.4, -0.2) is 44.3 Å². The van der Waals surface area contributed by atoms with Crippen LogP contribution in [0, 0.1) is 0 Å². The molecule has 4 aromatic rings. The minimum Gasteiger partial charge on any atom is -0.497 e. The van der Waals surface area contributed by atoms with E-state index in [2.05, 4.69) is 16.0 Å². The average molecular weight is 626 g/mol. The molecule has 9 nitrogen and oxygen atoms in total. The molecule has 4 aromatic carbocycles. The van der Waals surface area contributed by atoms with Crippen molar-refractivity contribution in [2.45, 2.75) is 23.5 Å². The normalized spacial score (nSPS) is 11.6. The standard InChI is InChI=1S/C35H35N3O6S/c1-5-32(35(41)37-29-22-27(43-3)18-19-31(29)44-4)45-28-13-9-12-25(21-28)36-34(40)30(20-23-14-16-26(42-2)17-15-23)38-33(39)24-10-7-6-8-11-24/h6-22,32H,5H2,1-4H3,(H,36,40)(H,37,41)(H,38,39)/b30-20+. The summed E-state index contributed by atoms with van der Waals surface area (Å²) in [6.45, 7) is 1.93. The Labute approximate surface area is 267 Å². The number of carbonyl (C=O) groups is 3. The van der Waals surface area contributed by atoms with Crippen LogP contribution >= 0.6 is 11.8 Å². The van der Waals surface area contributed by atoms with Crippen LogP contribution in [0.25, 0.3) is 6.08 Å². The van der Waals surface area contributed by atoms with Gasteiger partial charge in [0.15, 0.2) is 0 Å². The van der Waals surface area contributed by atoms with Crippen molar-refractivity contribution >= 4 is 46.9 Å². The fraction of sp³-hybridized carbons (Fsp3) is 0.171. The van der Waals surface area contributed by atoms with E-state index in [1.165, 1.54) is 18.9 Å². The zero-order valence-electron chi connectivity index (χ0n) is 25.5. The van der Waals surface area contributed by atoms with Gasteiger partial charge in [-0.3, -0.25) is 14.4 Å². The van der Waals surface area contributed by atoms with E-state index in [0.717, 1.165) is 4.90 Å². The third-order valence-corrected chi connectivity index (χ3v) is 8.01. The fourth-order valence-corrected chi connectivity index (χ4v) is 5.28.